The van der Waals surface area contributed by atoms with E-state index in [0.717, 1.165) is 23.5 Å². The third kappa shape index (κ3) is 5.21. The number of pyridine rings is 1. The minimum Gasteiger partial charge on any atom is -0.316 e. The number of aromatic nitrogens is 1. The normalized spacial score (nSPS) is 17.8. The fourth-order valence-corrected chi connectivity index (χ4v) is 2.80. The Balaban J connectivity index is 1.69. The number of likely N-dealkylation sites (tertiary alicyclic amines) is 1. The zero-order valence-corrected chi connectivity index (χ0v) is 13.3. The van der Waals surface area contributed by atoms with Crippen molar-refractivity contribution in [2.24, 2.45) is 5.92 Å². The van der Waals surface area contributed by atoms with E-state index in [1.165, 1.54) is 44.6 Å². The van der Waals surface area contributed by atoms with Gasteiger partial charge in [0, 0.05) is 17.2 Å². The van der Waals surface area contributed by atoms with Crippen LogP contribution in [0.2, 0.25) is 0 Å². The van der Waals surface area contributed by atoms with Gasteiger partial charge >= 0.3 is 0 Å². The van der Waals surface area contributed by atoms with Crippen LogP contribution in [0.5, 0.6) is 0 Å². The first-order valence-electron chi connectivity index (χ1n) is 7.31. The molecular formula is C15H24BrN3. The highest BCUT2D eigenvalue weighted by Gasteiger charge is 2.18. The SMILES string of the molecule is CCCNCC1CCN(Cc2ccc(Br)cn2)CC1. The maximum atomic E-state index is 4.45. The molecule has 3 nitrogen and oxygen atoms in total. The van der Waals surface area contributed by atoms with Crippen molar-refractivity contribution in [3.05, 3.63) is 28.5 Å². The van der Waals surface area contributed by atoms with Gasteiger partial charge in [0.15, 0.2) is 0 Å². The highest BCUT2D eigenvalue weighted by atomic mass is 79.9. The topological polar surface area (TPSA) is 28.2 Å². The summed E-state index contributed by atoms with van der Waals surface area (Å²) < 4.78 is 1.05. The molecule has 0 aliphatic carbocycles. The number of rotatable bonds is 6. The third-order valence-electron chi connectivity index (χ3n) is 3.74. The standard InChI is InChI=1S/C15H24BrN3/c1-2-7-17-10-13-5-8-19(9-6-13)12-15-4-3-14(16)11-18-15/h3-4,11,13,17H,2,5-10,12H2,1H3. The van der Waals surface area contributed by atoms with Crippen LogP contribution in [-0.2, 0) is 6.54 Å². The summed E-state index contributed by atoms with van der Waals surface area (Å²) in [7, 11) is 0. The van der Waals surface area contributed by atoms with Gasteiger partial charge in [-0.15, -0.1) is 0 Å². The lowest BCUT2D eigenvalue weighted by molar-refractivity contribution is 0.174. The number of piperidine rings is 1. The van der Waals surface area contributed by atoms with E-state index in [1.54, 1.807) is 0 Å². The zero-order chi connectivity index (χ0) is 13.5. The first-order valence-corrected chi connectivity index (χ1v) is 8.10. The Bertz CT molecular complexity index is 358. The van der Waals surface area contributed by atoms with Gasteiger partial charge in [0.1, 0.15) is 0 Å². The van der Waals surface area contributed by atoms with E-state index in [0.29, 0.717) is 0 Å². The molecule has 4 heteroatoms. The summed E-state index contributed by atoms with van der Waals surface area (Å²) >= 11 is 3.43. The molecule has 1 aromatic heterocycles. The number of nitrogens with zero attached hydrogens (tertiary/aromatic N) is 2. The lowest BCUT2D eigenvalue weighted by atomic mass is 9.96. The second-order valence-corrected chi connectivity index (χ2v) is 6.31. The average Bonchev–Trinajstić information content (AvgIpc) is 2.44. The van der Waals surface area contributed by atoms with E-state index in [1.807, 2.05) is 6.20 Å². The molecule has 1 aliphatic rings. The first kappa shape index (κ1) is 14.9. The maximum Gasteiger partial charge on any atom is 0.0544 e. The van der Waals surface area contributed by atoms with Crippen LogP contribution in [0.1, 0.15) is 31.9 Å². The van der Waals surface area contributed by atoms with E-state index in [2.05, 4.69) is 50.2 Å². The highest BCUT2D eigenvalue weighted by Crippen LogP contribution is 2.18. The van der Waals surface area contributed by atoms with Crippen LogP contribution >= 0.6 is 15.9 Å². The molecule has 2 rings (SSSR count). The monoisotopic (exact) mass is 325 g/mol. The first-order chi connectivity index (χ1) is 9.28. The van der Waals surface area contributed by atoms with E-state index < -0.39 is 0 Å². The molecule has 1 saturated heterocycles. The Hall–Kier alpha value is -0.450. The molecule has 0 atom stereocenters. The summed E-state index contributed by atoms with van der Waals surface area (Å²) in [5.41, 5.74) is 1.17. The lowest BCUT2D eigenvalue weighted by Gasteiger charge is -2.31. The summed E-state index contributed by atoms with van der Waals surface area (Å²) in [4.78, 5) is 6.97. The van der Waals surface area contributed by atoms with Gasteiger partial charge in [-0.05, 0) is 79.4 Å². The molecule has 0 saturated carbocycles. The van der Waals surface area contributed by atoms with Crippen molar-refractivity contribution in [2.75, 3.05) is 26.2 Å². The van der Waals surface area contributed by atoms with E-state index in [9.17, 15) is 0 Å². The van der Waals surface area contributed by atoms with Crippen LogP contribution in [0.25, 0.3) is 0 Å². The van der Waals surface area contributed by atoms with Crippen LogP contribution in [-0.4, -0.2) is 36.1 Å². The van der Waals surface area contributed by atoms with Gasteiger partial charge in [0.05, 0.1) is 5.69 Å². The summed E-state index contributed by atoms with van der Waals surface area (Å²) in [5, 5.41) is 3.54. The highest BCUT2D eigenvalue weighted by molar-refractivity contribution is 9.10. The van der Waals surface area contributed by atoms with Gasteiger partial charge in [-0.1, -0.05) is 6.92 Å². The Morgan fingerprint density at radius 1 is 1.37 bits per heavy atom. The van der Waals surface area contributed by atoms with Gasteiger partial charge in [-0.2, -0.15) is 0 Å². The minimum absolute atomic E-state index is 0.862. The van der Waals surface area contributed by atoms with E-state index >= 15 is 0 Å². The van der Waals surface area contributed by atoms with Crippen molar-refractivity contribution in [1.82, 2.24) is 15.2 Å². The molecule has 2 heterocycles. The molecule has 1 fully saturated rings. The predicted octanol–water partition coefficient (Wildman–Crippen LogP) is 3.06. The largest absolute Gasteiger partial charge is 0.316 e. The van der Waals surface area contributed by atoms with Crippen molar-refractivity contribution in [1.29, 1.82) is 0 Å². The molecule has 106 valence electrons. The smallest absolute Gasteiger partial charge is 0.0544 e. The summed E-state index contributed by atoms with van der Waals surface area (Å²) in [6.07, 6.45) is 5.74. The van der Waals surface area contributed by atoms with Crippen molar-refractivity contribution in [3.8, 4) is 0 Å². The van der Waals surface area contributed by atoms with Crippen molar-refractivity contribution in [3.63, 3.8) is 0 Å². The zero-order valence-electron chi connectivity index (χ0n) is 11.7. The van der Waals surface area contributed by atoms with Crippen molar-refractivity contribution >= 4 is 15.9 Å². The molecule has 1 N–H and O–H groups in total. The van der Waals surface area contributed by atoms with Crippen LogP contribution in [0.4, 0.5) is 0 Å². The number of hydrogen-bond donors (Lipinski definition) is 1. The van der Waals surface area contributed by atoms with Crippen LogP contribution in [0.3, 0.4) is 0 Å². The van der Waals surface area contributed by atoms with Crippen molar-refractivity contribution < 1.29 is 0 Å². The van der Waals surface area contributed by atoms with Crippen molar-refractivity contribution in [2.45, 2.75) is 32.7 Å². The van der Waals surface area contributed by atoms with Gasteiger partial charge in [0.25, 0.3) is 0 Å². The summed E-state index contributed by atoms with van der Waals surface area (Å²) in [5.74, 6) is 0.862. The van der Waals surface area contributed by atoms with E-state index in [-0.39, 0.29) is 0 Å². The minimum atomic E-state index is 0.862. The van der Waals surface area contributed by atoms with E-state index in [4.69, 9.17) is 0 Å². The number of halogens is 1. The number of hydrogen-bond acceptors (Lipinski definition) is 3. The Morgan fingerprint density at radius 3 is 2.79 bits per heavy atom. The molecule has 1 aromatic rings. The lowest BCUT2D eigenvalue weighted by Crippen LogP contribution is -2.37. The van der Waals surface area contributed by atoms with Crippen LogP contribution in [0, 0.1) is 5.92 Å². The molecule has 0 aromatic carbocycles. The van der Waals surface area contributed by atoms with Gasteiger partial charge < -0.3 is 5.32 Å². The maximum absolute atomic E-state index is 4.45. The summed E-state index contributed by atoms with van der Waals surface area (Å²) in [6.45, 7) is 7.97. The summed E-state index contributed by atoms with van der Waals surface area (Å²) in [6, 6.07) is 4.18. The third-order valence-corrected chi connectivity index (χ3v) is 4.21. The average molecular weight is 326 g/mol. The molecule has 0 unspecified atom stereocenters. The second-order valence-electron chi connectivity index (χ2n) is 5.39. The molecular weight excluding hydrogens is 302 g/mol. The van der Waals surface area contributed by atoms with Gasteiger partial charge in [0.2, 0.25) is 0 Å². The fraction of sp³-hybridized carbons (Fsp3) is 0.667. The van der Waals surface area contributed by atoms with Crippen LogP contribution < -0.4 is 5.32 Å². The Kier molecular flexibility index (Phi) is 6.28. The Morgan fingerprint density at radius 2 is 2.16 bits per heavy atom. The van der Waals surface area contributed by atoms with Gasteiger partial charge in [-0.3, -0.25) is 9.88 Å². The molecule has 19 heavy (non-hydrogen) atoms. The molecule has 0 spiro atoms. The molecule has 0 amide bonds. The molecule has 0 bridgehead atoms. The number of nitrogens with one attached hydrogen (secondary N) is 1. The predicted molar refractivity (Wildman–Crippen MR) is 83.1 cm³/mol. The molecule has 1 aliphatic heterocycles. The van der Waals surface area contributed by atoms with Crippen LogP contribution in [0.15, 0.2) is 22.8 Å². The fourth-order valence-electron chi connectivity index (χ4n) is 2.56. The Labute approximate surface area is 124 Å². The quantitative estimate of drug-likeness (QED) is 0.815. The van der Waals surface area contributed by atoms with Gasteiger partial charge in [-0.25, -0.2) is 0 Å². The molecule has 0 radical (unpaired) electrons. The second kappa shape index (κ2) is 7.98.